The second-order valence-electron chi connectivity index (χ2n) is 7.76. The minimum Gasteiger partial charge on any atom is -0.497 e. The molecule has 8 nitrogen and oxygen atoms in total. The Balaban J connectivity index is 1.56. The van der Waals surface area contributed by atoms with E-state index in [-0.39, 0.29) is 17.7 Å². The maximum atomic E-state index is 13.0. The Kier molecular flexibility index (Phi) is 5.57. The zero-order chi connectivity index (χ0) is 21.3. The number of hydrogen-bond donors (Lipinski definition) is 1. The van der Waals surface area contributed by atoms with E-state index in [1.807, 2.05) is 29.0 Å². The zero-order valence-electron chi connectivity index (χ0n) is 17.6. The van der Waals surface area contributed by atoms with Crippen LogP contribution in [0.3, 0.4) is 0 Å². The molecule has 1 aromatic heterocycles. The molecule has 2 aromatic rings. The second kappa shape index (κ2) is 8.30. The molecule has 0 saturated carbocycles. The maximum absolute atomic E-state index is 13.0. The van der Waals surface area contributed by atoms with Crippen molar-refractivity contribution in [3.05, 3.63) is 46.9 Å². The molecule has 2 aliphatic rings. The van der Waals surface area contributed by atoms with Crippen molar-refractivity contribution in [3.8, 4) is 5.75 Å². The molecule has 3 heterocycles. The quantitative estimate of drug-likeness (QED) is 0.832. The van der Waals surface area contributed by atoms with E-state index in [9.17, 15) is 9.59 Å². The molecule has 1 aromatic carbocycles. The molecule has 0 bridgehead atoms. The zero-order valence-corrected chi connectivity index (χ0v) is 17.6. The van der Waals surface area contributed by atoms with Crippen LogP contribution in [-0.4, -0.2) is 65.4 Å². The van der Waals surface area contributed by atoms with E-state index < -0.39 is 0 Å². The summed E-state index contributed by atoms with van der Waals surface area (Å²) >= 11 is 0. The number of carbonyl (C=O) groups is 2. The summed E-state index contributed by atoms with van der Waals surface area (Å²) in [7, 11) is 3.43. The van der Waals surface area contributed by atoms with E-state index in [0.29, 0.717) is 37.4 Å². The number of rotatable bonds is 4. The Morgan fingerprint density at radius 3 is 2.73 bits per heavy atom. The molecule has 8 heteroatoms. The standard InChI is InChI=1S/C22H27N5O3/c1-14(28)26-9-7-16(12-26)20-24-19-8-10-27(13-18(19)21(23-2)25-20)22(29)15-5-4-6-17(11-15)30-3/h4-6,11,16H,7-10,12-13H2,1-3H3,(H,23,24,25)/t16-/m1/s1. The fourth-order valence-corrected chi connectivity index (χ4v) is 4.19. The monoisotopic (exact) mass is 409 g/mol. The average molecular weight is 409 g/mol. The Bertz CT molecular complexity index is 960. The van der Waals surface area contributed by atoms with E-state index >= 15 is 0 Å². The van der Waals surface area contributed by atoms with Crippen molar-refractivity contribution < 1.29 is 14.3 Å². The molecule has 1 fully saturated rings. The number of methoxy groups -OCH3 is 1. The highest BCUT2D eigenvalue weighted by molar-refractivity contribution is 5.94. The molecule has 0 spiro atoms. The number of likely N-dealkylation sites (tertiary alicyclic amines) is 1. The number of anilines is 1. The van der Waals surface area contributed by atoms with Crippen molar-refractivity contribution in [3.63, 3.8) is 0 Å². The van der Waals surface area contributed by atoms with Crippen LogP contribution in [-0.2, 0) is 17.8 Å². The van der Waals surface area contributed by atoms with Crippen LogP contribution in [0.5, 0.6) is 5.75 Å². The lowest BCUT2D eigenvalue weighted by Crippen LogP contribution is -2.37. The summed E-state index contributed by atoms with van der Waals surface area (Å²) in [5.41, 5.74) is 2.56. The first-order chi connectivity index (χ1) is 14.5. The average Bonchev–Trinajstić information content (AvgIpc) is 3.28. The van der Waals surface area contributed by atoms with Crippen LogP contribution in [0, 0.1) is 0 Å². The first-order valence-corrected chi connectivity index (χ1v) is 10.3. The fraction of sp³-hybridized carbons (Fsp3) is 0.455. The van der Waals surface area contributed by atoms with Crippen LogP contribution in [0.2, 0.25) is 0 Å². The number of benzene rings is 1. The largest absolute Gasteiger partial charge is 0.497 e. The van der Waals surface area contributed by atoms with Crippen molar-refractivity contribution in [2.75, 3.05) is 39.1 Å². The van der Waals surface area contributed by atoms with Gasteiger partial charge in [-0.1, -0.05) is 6.07 Å². The summed E-state index contributed by atoms with van der Waals surface area (Å²) in [5.74, 6) is 2.43. The normalized spacial score (nSPS) is 18.2. The van der Waals surface area contributed by atoms with E-state index in [4.69, 9.17) is 14.7 Å². The van der Waals surface area contributed by atoms with Crippen LogP contribution in [0.4, 0.5) is 5.82 Å². The third-order valence-electron chi connectivity index (χ3n) is 5.92. The molecule has 1 atom stereocenters. The first-order valence-electron chi connectivity index (χ1n) is 10.3. The molecule has 0 unspecified atom stereocenters. The fourth-order valence-electron chi connectivity index (χ4n) is 4.19. The van der Waals surface area contributed by atoms with Gasteiger partial charge in [0.05, 0.1) is 19.3 Å². The van der Waals surface area contributed by atoms with Crippen molar-refractivity contribution in [1.29, 1.82) is 0 Å². The highest BCUT2D eigenvalue weighted by atomic mass is 16.5. The molecule has 2 amide bonds. The third kappa shape index (κ3) is 3.81. The summed E-state index contributed by atoms with van der Waals surface area (Å²) in [5, 5.41) is 3.18. The molecule has 1 saturated heterocycles. The van der Waals surface area contributed by atoms with Gasteiger partial charge in [-0.3, -0.25) is 9.59 Å². The van der Waals surface area contributed by atoms with Crippen LogP contribution >= 0.6 is 0 Å². The Hall–Kier alpha value is -3.16. The first kappa shape index (κ1) is 20.1. The third-order valence-corrected chi connectivity index (χ3v) is 5.92. The van der Waals surface area contributed by atoms with Gasteiger partial charge in [-0.15, -0.1) is 0 Å². The number of carbonyl (C=O) groups excluding carboxylic acids is 2. The maximum Gasteiger partial charge on any atom is 0.254 e. The van der Waals surface area contributed by atoms with Gasteiger partial charge in [0.25, 0.3) is 5.91 Å². The Morgan fingerprint density at radius 2 is 2.03 bits per heavy atom. The number of fused-ring (bicyclic) bond motifs is 1. The number of aromatic nitrogens is 2. The molecule has 30 heavy (non-hydrogen) atoms. The number of nitrogens with zero attached hydrogens (tertiary/aromatic N) is 4. The molecule has 1 N–H and O–H groups in total. The second-order valence-corrected chi connectivity index (χ2v) is 7.76. The van der Waals surface area contributed by atoms with Crippen molar-refractivity contribution in [2.24, 2.45) is 0 Å². The lowest BCUT2D eigenvalue weighted by molar-refractivity contribution is -0.127. The van der Waals surface area contributed by atoms with Crippen LogP contribution in [0.25, 0.3) is 0 Å². The summed E-state index contributed by atoms with van der Waals surface area (Å²) in [6.07, 6.45) is 1.56. The number of hydrogen-bond acceptors (Lipinski definition) is 6. The minimum atomic E-state index is -0.0291. The van der Waals surface area contributed by atoms with Gasteiger partial charge < -0.3 is 19.9 Å². The lowest BCUT2D eigenvalue weighted by atomic mass is 10.0. The highest BCUT2D eigenvalue weighted by Gasteiger charge is 2.31. The van der Waals surface area contributed by atoms with E-state index in [1.54, 1.807) is 26.2 Å². The van der Waals surface area contributed by atoms with Gasteiger partial charge in [0.2, 0.25) is 5.91 Å². The van der Waals surface area contributed by atoms with Gasteiger partial charge in [0.15, 0.2) is 0 Å². The van der Waals surface area contributed by atoms with E-state index in [2.05, 4.69) is 5.32 Å². The van der Waals surface area contributed by atoms with Crippen molar-refractivity contribution in [2.45, 2.75) is 32.2 Å². The highest BCUT2D eigenvalue weighted by Crippen LogP contribution is 2.30. The Morgan fingerprint density at radius 1 is 1.20 bits per heavy atom. The van der Waals surface area contributed by atoms with Crippen LogP contribution in [0.15, 0.2) is 24.3 Å². The predicted molar refractivity (Wildman–Crippen MR) is 113 cm³/mol. The molecule has 158 valence electrons. The lowest BCUT2D eigenvalue weighted by Gasteiger charge is -2.30. The Labute approximate surface area is 176 Å². The summed E-state index contributed by atoms with van der Waals surface area (Å²) < 4.78 is 5.24. The van der Waals surface area contributed by atoms with Gasteiger partial charge in [0.1, 0.15) is 17.4 Å². The molecule has 2 aliphatic heterocycles. The SMILES string of the molecule is CNc1nc([C@@H]2CCN(C(C)=O)C2)nc2c1CN(C(=O)c1cccc(OC)c1)CC2. The number of nitrogens with one attached hydrogen (secondary N) is 1. The molecular weight excluding hydrogens is 382 g/mol. The predicted octanol–water partition coefficient (Wildman–Crippen LogP) is 2.06. The smallest absolute Gasteiger partial charge is 0.254 e. The van der Waals surface area contributed by atoms with E-state index in [0.717, 1.165) is 35.9 Å². The van der Waals surface area contributed by atoms with Gasteiger partial charge in [-0.05, 0) is 24.6 Å². The number of amides is 2. The molecule has 0 radical (unpaired) electrons. The van der Waals surface area contributed by atoms with Crippen molar-refractivity contribution >= 4 is 17.6 Å². The molecule has 4 rings (SSSR count). The number of ether oxygens (including phenoxy) is 1. The van der Waals surface area contributed by atoms with Gasteiger partial charge in [0, 0.05) is 57.1 Å². The van der Waals surface area contributed by atoms with Crippen LogP contribution in [0.1, 0.15) is 46.7 Å². The van der Waals surface area contributed by atoms with Gasteiger partial charge >= 0.3 is 0 Å². The summed E-state index contributed by atoms with van der Waals surface area (Å²) in [4.78, 5) is 38.0. The van der Waals surface area contributed by atoms with Gasteiger partial charge in [-0.2, -0.15) is 0 Å². The van der Waals surface area contributed by atoms with E-state index in [1.165, 1.54) is 0 Å². The van der Waals surface area contributed by atoms with Gasteiger partial charge in [-0.25, -0.2) is 9.97 Å². The minimum absolute atomic E-state index is 0.0291. The summed E-state index contributed by atoms with van der Waals surface area (Å²) in [6, 6.07) is 7.22. The molecular formula is C22H27N5O3. The summed E-state index contributed by atoms with van der Waals surface area (Å²) in [6.45, 7) is 4.08. The topological polar surface area (TPSA) is 87.7 Å². The molecule has 0 aliphatic carbocycles. The van der Waals surface area contributed by atoms with Crippen LogP contribution < -0.4 is 10.1 Å². The van der Waals surface area contributed by atoms with Crippen molar-refractivity contribution in [1.82, 2.24) is 19.8 Å².